The molecule has 18 nitrogen and oxygen atoms in total. The van der Waals surface area contributed by atoms with Crippen molar-refractivity contribution in [3.8, 4) is 0 Å². The van der Waals surface area contributed by atoms with Crippen LogP contribution in [0.4, 0.5) is 5.69 Å². The summed E-state index contributed by atoms with van der Waals surface area (Å²) in [4.78, 5) is 98.9. The van der Waals surface area contributed by atoms with E-state index in [1.54, 1.807) is 47.3 Å². The maximum Gasteiger partial charge on any atom is 0.329 e. The number of para-hydroxylation sites is 1. The summed E-state index contributed by atoms with van der Waals surface area (Å²) < 4.78 is 36.6. The number of aliphatic hydroxyl groups excluding tert-OH is 1. The Bertz CT molecular complexity index is 2700. The van der Waals surface area contributed by atoms with Gasteiger partial charge in [0.25, 0.3) is 11.7 Å². The molecule has 1 saturated carbocycles. The summed E-state index contributed by atoms with van der Waals surface area (Å²) in [6.45, 7) is 16.4. The van der Waals surface area contributed by atoms with Crippen LogP contribution in [-0.4, -0.2) is 150 Å². The molecule has 6 heterocycles. The summed E-state index contributed by atoms with van der Waals surface area (Å²) in [5.74, 6) is -9.15. The number of fused-ring (bicyclic) bond motifs is 16. The van der Waals surface area contributed by atoms with Gasteiger partial charge in [0.05, 0.1) is 35.5 Å². The molecule has 8 rings (SSSR count). The normalized spacial score (nSPS) is 34.8. The fourth-order valence-corrected chi connectivity index (χ4v) is 13.2. The molecule has 2 aromatic rings. The van der Waals surface area contributed by atoms with E-state index in [2.05, 4.69) is 11.1 Å². The highest BCUT2D eigenvalue weighted by Crippen LogP contribution is 2.40. The van der Waals surface area contributed by atoms with E-state index in [-0.39, 0.29) is 61.2 Å². The Balaban J connectivity index is 1.17. The van der Waals surface area contributed by atoms with Crippen LogP contribution in [0.15, 0.2) is 90.2 Å². The van der Waals surface area contributed by atoms with Gasteiger partial charge in [-0.15, -0.1) is 0 Å². The largest absolute Gasteiger partial charge is 0.460 e. The van der Waals surface area contributed by atoms with Crippen molar-refractivity contribution in [1.29, 1.82) is 0 Å². The first-order chi connectivity index (χ1) is 40.4. The van der Waals surface area contributed by atoms with Gasteiger partial charge in [-0.1, -0.05) is 77.1 Å². The Morgan fingerprint density at radius 1 is 0.835 bits per heavy atom. The van der Waals surface area contributed by atoms with Crippen molar-refractivity contribution in [2.24, 2.45) is 40.9 Å². The summed E-state index contributed by atoms with van der Waals surface area (Å²) >= 11 is 0. The maximum atomic E-state index is 14.8. The lowest BCUT2D eigenvalue weighted by Gasteiger charge is -2.43. The number of ketones is 3. The Hall–Kier alpha value is -5.47. The maximum absolute atomic E-state index is 14.8. The highest BCUT2D eigenvalue weighted by molar-refractivity contribution is 6.39. The fraction of sp³-hybridized carbons (Fsp3) is 0.657. The highest BCUT2D eigenvalue weighted by atomic mass is 16.7. The van der Waals surface area contributed by atoms with Gasteiger partial charge < -0.3 is 43.5 Å². The summed E-state index contributed by atoms with van der Waals surface area (Å²) in [6.07, 6.45) is 8.05. The minimum atomic E-state index is -2.50. The Kier molecular flexibility index (Phi) is 23.6. The Morgan fingerprint density at radius 2 is 1.56 bits per heavy atom. The number of piperidine rings is 1. The van der Waals surface area contributed by atoms with Gasteiger partial charge in [0.1, 0.15) is 42.3 Å². The first-order valence-corrected chi connectivity index (χ1v) is 30.8. The first kappa shape index (κ1) is 67.0. The van der Waals surface area contributed by atoms with Gasteiger partial charge in [-0.25, -0.2) is 9.86 Å². The molecule has 2 N–H and O–H groups in total. The number of hydroxylamine groups is 1. The van der Waals surface area contributed by atoms with Crippen LogP contribution in [0.5, 0.6) is 0 Å². The van der Waals surface area contributed by atoms with E-state index in [0.717, 1.165) is 17.0 Å². The Morgan fingerprint density at radius 3 is 2.25 bits per heavy atom. The number of amides is 1. The highest BCUT2D eigenvalue weighted by Gasteiger charge is 2.53. The van der Waals surface area contributed by atoms with E-state index in [1.807, 2.05) is 107 Å². The number of aliphatic hydroxyl groups is 2. The zero-order valence-electron chi connectivity index (χ0n) is 52.2. The zero-order chi connectivity index (χ0) is 61.9. The molecule has 2 saturated heterocycles. The molecule has 0 spiro atoms. The quantitative estimate of drug-likeness (QED) is 0.122. The fourth-order valence-electron chi connectivity index (χ4n) is 13.2. The third-order valence-corrected chi connectivity index (χ3v) is 18.6. The molecule has 1 aromatic carbocycles. The molecule has 2 unspecified atom stereocenters. The van der Waals surface area contributed by atoms with E-state index in [4.69, 9.17) is 33.3 Å². The van der Waals surface area contributed by atoms with Crippen LogP contribution >= 0.6 is 0 Å². The van der Waals surface area contributed by atoms with Crippen LogP contribution in [0.2, 0.25) is 0 Å². The average molecular weight is 1180 g/mol. The van der Waals surface area contributed by atoms with Crippen molar-refractivity contribution in [2.45, 2.75) is 212 Å². The van der Waals surface area contributed by atoms with E-state index in [1.165, 1.54) is 12.0 Å². The second-order valence-electron chi connectivity index (χ2n) is 25.7. The molecule has 1 aliphatic carbocycles. The van der Waals surface area contributed by atoms with Crippen LogP contribution in [0, 0.1) is 40.9 Å². The van der Waals surface area contributed by atoms with Gasteiger partial charge in [0.2, 0.25) is 5.79 Å². The number of hydrogen-bond donors (Lipinski definition) is 2. The minimum Gasteiger partial charge on any atom is -0.460 e. The smallest absolute Gasteiger partial charge is 0.329 e. The number of Topliss-reactive ketones (excluding diaryl/α,β-unsaturated/α-hetero) is 3. The number of hydrogen-bond acceptors (Lipinski definition) is 17. The number of carbonyl (C=O) groups excluding carboxylic acids is 6. The standard InChI is InChI=1S/C67H95N3O15/c1-40-32-44(5)59(72)61(81-12)60(73)45(6)33-41(2)54(71)38-57(42(3)34-47-25-29-55(58(36-47)80-11)83-65(77)66(8,9)39-48-20-16-18-30-68-48)82-64(76)53-23-17-19-31-69(53)63(75)62(74)67(78)46(7)24-26-50(84-67)37-56(79-10)43(4)35-51-27-28-52(40)70(85-51)49-21-14-13-15-22-49/h13-16,18,20-22,27-28,30,33,35,40-42,44,46-47,50-53,55-58,60-61,73,78H,17,19,23-26,29,31-32,34,36-39H2,1-12H3/b43-35?,45-33+/t40-,41+,42+,44+,46+,47-,50-,51?,52?,53-,55+,56-,57-,58+,60+,61-,67+/m0/s1. The second kappa shape index (κ2) is 30.0. The lowest BCUT2D eigenvalue weighted by atomic mass is 9.78. The van der Waals surface area contributed by atoms with Crippen molar-refractivity contribution in [3.05, 3.63) is 95.9 Å². The molecule has 1 aromatic heterocycles. The van der Waals surface area contributed by atoms with Gasteiger partial charge in [-0.2, -0.15) is 0 Å². The molecule has 3 fully saturated rings. The molecular weight excluding hydrogens is 1090 g/mol. The van der Waals surface area contributed by atoms with Crippen LogP contribution in [0.25, 0.3) is 0 Å². The van der Waals surface area contributed by atoms with Gasteiger partial charge in [-0.3, -0.25) is 33.8 Å². The number of ether oxygens (including phenoxy) is 6. The van der Waals surface area contributed by atoms with Gasteiger partial charge in [0.15, 0.2) is 5.78 Å². The summed E-state index contributed by atoms with van der Waals surface area (Å²) in [6, 6.07) is 13.8. The lowest BCUT2D eigenvalue weighted by Crippen LogP contribution is -2.61. The molecule has 468 valence electrons. The molecule has 85 heavy (non-hydrogen) atoms. The topological polar surface area (TPSA) is 227 Å². The second-order valence-corrected chi connectivity index (χ2v) is 25.7. The number of allylic oxidation sites excluding steroid dienone is 1. The number of carbonyl (C=O) groups is 6. The van der Waals surface area contributed by atoms with Gasteiger partial charge >= 0.3 is 11.9 Å². The summed E-state index contributed by atoms with van der Waals surface area (Å²) in [5.41, 5.74) is 1.89. The molecule has 4 bridgehead atoms. The number of benzene rings is 1. The number of nitrogens with zero attached hydrogens (tertiary/aromatic N) is 3. The van der Waals surface area contributed by atoms with Crippen LogP contribution in [0.3, 0.4) is 0 Å². The predicted octanol–water partition coefficient (Wildman–Crippen LogP) is 9.03. The number of rotatable bonds is 11. The van der Waals surface area contributed by atoms with Crippen LogP contribution in [0.1, 0.15) is 145 Å². The molecule has 17 atom stereocenters. The predicted molar refractivity (Wildman–Crippen MR) is 319 cm³/mol. The number of pyridine rings is 1. The monoisotopic (exact) mass is 1180 g/mol. The molecule has 18 heteroatoms. The SMILES string of the molecule is CO[C@H]1C[C@@H]2CC[C@@H](C)[C@@](O)(O2)C(=O)C(=O)N2CCCC[C@H]2C(=O)O[C@H]([C@H](C)C[C@@H]2CC[C@@H](OC(=O)C(C)(C)Cc3ccccn3)[C@H](OC)C2)CC(=O)[C@H](C)/C=C(\C)[C@@H](O)[C@@H](OC)C(=O)[C@H](C)C[C@H](C)C2C=CC(C=C1C)ON2c1ccccc1. The third kappa shape index (κ3) is 16.6. The van der Waals surface area contributed by atoms with Crippen molar-refractivity contribution < 1.29 is 72.2 Å². The molecule has 1 amide bonds. The average Bonchev–Trinajstić information content (AvgIpc) is 1.98. The third-order valence-electron chi connectivity index (χ3n) is 18.6. The first-order valence-electron chi connectivity index (χ1n) is 30.8. The molecule has 5 aliphatic heterocycles. The number of methoxy groups -OCH3 is 3. The molecule has 6 aliphatic rings. The zero-order valence-corrected chi connectivity index (χ0v) is 52.2. The molecule has 0 radical (unpaired) electrons. The number of esters is 2. The van der Waals surface area contributed by atoms with E-state index >= 15 is 0 Å². The van der Waals surface area contributed by atoms with Crippen molar-refractivity contribution in [1.82, 2.24) is 9.88 Å². The van der Waals surface area contributed by atoms with Crippen LogP contribution < -0.4 is 5.06 Å². The number of aromatic nitrogens is 1. The summed E-state index contributed by atoms with van der Waals surface area (Å²) in [5, 5.41) is 26.0. The van der Waals surface area contributed by atoms with Crippen LogP contribution in [-0.2, 0) is 68.4 Å². The van der Waals surface area contributed by atoms with Gasteiger partial charge in [0, 0.05) is 76.8 Å². The Labute approximate surface area is 503 Å². The van der Waals surface area contributed by atoms with Gasteiger partial charge in [-0.05, 0) is 151 Å². The minimum absolute atomic E-state index is 0.0119. The lowest BCUT2D eigenvalue weighted by molar-refractivity contribution is -0.265. The van der Waals surface area contributed by atoms with Crippen molar-refractivity contribution in [2.75, 3.05) is 32.9 Å². The van der Waals surface area contributed by atoms with Crippen molar-refractivity contribution >= 4 is 40.9 Å². The van der Waals surface area contributed by atoms with E-state index in [9.17, 15) is 39.0 Å². The summed E-state index contributed by atoms with van der Waals surface area (Å²) in [7, 11) is 4.55. The van der Waals surface area contributed by atoms with E-state index in [0.29, 0.717) is 69.8 Å². The molecular formula is C67H95N3O15. The van der Waals surface area contributed by atoms with Crippen molar-refractivity contribution in [3.63, 3.8) is 0 Å². The van der Waals surface area contributed by atoms with E-state index < -0.39 is 107 Å². The number of anilines is 1.